The number of carbonyl (C=O) groups is 1. The van der Waals surface area contributed by atoms with Crippen molar-refractivity contribution in [1.82, 2.24) is 9.88 Å². The van der Waals surface area contributed by atoms with Crippen LogP contribution in [-0.4, -0.2) is 17.0 Å². The molecular weight excluding hydrogens is 164 g/mol. The molecule has 0 fully saturated rings. The van der Waals surface area contributed by atoms with Crippen molar-refractivity contribution >= 4 is 5.91 Å². The van der Waals surface area contributed by atoms with E-state index >= 15 is 0 Å². The third kappa shape index (κ3) is 1.34. The van der Waals surface area contributed by atoms with Crippen LogP contribution in [0.4, 0.5) is 0 Å². The first-order valence-corrected chi connectivity index (χ1v) is 4.78. The van der Waals surface area contributed by atoms with Gasteiger partial charge in [0.05, 0.1) is 6.04 Å². The normalized spacial score (nSPS) is 21.0. The summed E-state index contributed by atoms with van der Waals surface area (Å²) in [5.41, 5.74) is 0.796. The molecule has 13 heavy (non-hydrogen) atoms. The summed E-state index contributed by atoms with van der Waals surface area (Å²) in [7, 11) is 0. The molecule has 2 rings (SSSR count). The van der Waals surface area contributed by atoms with Crippen molar-refractivity contribution in [2.24, 2.45) is 0 Å². The first kappa shape index (κ1) is 8.35. The van der Waals surface area contributed by atoms with E-state index in [0.717, 1.165) is 25.1 Å². The summed E-state index contributed by atoms with van der Waals surface area (Å²) >= 11 is 0. The van der Waals surface area contributed by atoms with Crippen molar-refractivity contribution in [2.45, 2.75) is 25.8 Å². The lowest BCUT2D eigenvalue weighted by atomic mass is 10.1. The summed E-state index contributed by atoms with van der Waals surface area (Å²) in [5.74, 6) is 0.0531. The number of nitrogens with one attached hydrogen (secondary N) is 1. The van der Waals surface area contributed by atoms with Gasteiger partial charge in [-0.1, -0.05) is 13.3 Å². The minimum atomic E-state index is 0.0531. The largest absolute Gasteiger partial charge is 0.349 e. The van der Waals surface area contributed by atoms with Crippen molar-refractivity contribution in [1.29, 1.82) is 0 Å². The number of rotatable bonds is 2. The summed E-state index contributed by atoms with van der Waals surface area (Å²) in [6.45, 7) is 2.94. The predicted octanol–water partition coefficient (Wildman–Crippen LogP) is 1.57. The van der Waals surface area contributed by atoms with Gasteiger partial charge in [-0.25, -0.2) is 0 Å². The number of hydrogen-bond acceptors (Lipinski definition) is 1. The van der Waals surface area contributed by atoms with Crippen LogP contribution in [0.15, 0.2) is 18.3 Å². The highest BCUT2D eigenvalue weighted by Crippen LogP contribution is 2.20. The van der Waals surface area contributed by atoms with Crippen molar-refractivity contribution in [3.63, 3.8) is 0 Å². The number of amides is 1. The summed E-state index contributed by atoms with van der Waals surface area (Å²) in [6.07, 6.45) is 4.27. The Hall–Kier alpha value is -1.25. The minimum Gasteiger partial charge on any atom is -0.349 e. The highest BCUT2D eigenvalue weighted by atomic mass is 16.2. The van der Waals surface area contributed by atoms with E-state index in [0.29, 0.717) is 6.04 Å². The molecule has 1 aromatic rings. The van der Waals surface area contributed by atoms with Crippen molar-refractivity contribution in [3.8, 4) is 0 Å². The summed E-state index contributed by atoms with van der Waals surface area (Å²) in [6, 6.07) is 4.26. The van der Waals surface area contributed by atoms with Gasteiger partial charge in [-0.2, -0.15) is 0 Å². The molecule has 0 spiro atoms. The first-order chi connectivity index (χ1) is 6.33. The van der Waals surface area contributed by atoms with Gasteiger partial charge in [-0.05, 0) is 18.6 Å². The zero-order chi connectivity index (χ0) is 9.26. The molecule has 1 unspecified atom stereocenters. The van der Waals surface area contributed by atoms with Crippen LogP contribution in [0.2, 0.25) is 0 Å². The predicted molar refractivity (Wildman–Crippen MR) is 50.7 cm³/mol. The number of nitrogens with zero attached hydrogens (tertiary/aromatic N) is 1. The van der Waals surface area contributed by atoms with Gasteiger partial charge in [0, 0.05) is 12.7 Å². The Balaban J connectivity index is 2.30. The van der Waals surface area contributed by atoms with Crippen LogP contribution in [0, 0.1) is 0 Å². The maximum atomic E-state index is 11.4. The molecule has 1 aliphatic rings. The maximum absolute atomic E-state index is 11.4. The standard InChI is InChI=1S/C10H14N2O/c1-2-4-8-7-11-10(13)9-5-3-6-12(8)9/h3,5-6,8H,2,4,7H2,1H3,(H,11,13). The molecule has 0 aromatic carbocycles. The van der Waals surface area contributed by atoms with E-state index in [1.165, 1.54) is 0 Å². The fraction of sp³-hybridized carbons (Fsp3) is 0.500. The fourth-order valence-electron chi connectivity index (χ4n) is 1.88. The maximum Gasteiger partial charge on any atom is 0.267 e. The Bertz CT molecular complexity index is 316. The van der Waals surface area contributed by atoms with E-state index in [4.69, 9.17) is 0 Å². The Kier molecular flexibility index (Phi) is 2.08. The number of fused-ring (bicyclic) bond motifs is 1. The van der Waals surface area contributed by atoms with Crippen LogP contribution in [0.1, 0.15) is 36.3 Å². The Labute approximate surface area is 77.7 Å². The third-order valence-electron chi connectivity index (χ3n) is 2.53. The van der Waals surface area contributed by atoms with Crippen LogP contribution in [-0.2, 0) is 0 Å². The molecule has 1 amide bonds. The average Bonchev–Trinajstić information content (AvgIpc) is 2.59. The number of carbonyl (C=O) groups excluding carboxylic acids is 1. The van der Waals surface area contributed by atoms with Crippen LogP contribution >= 0.6 is 0 Å². The molecule has 3 heteroatoms. The molecule has 1 N–H and O–H groups in total. The highest BCUT2D eigenvalue weighted by molar-refractivity contribution is 5.93. The van der Waals surface area contributed by atoms with Crippen LogP contribution in [0.3, 0.4) is 0 Å². The van der Waals surface area contributed by atoms with Gasteiger partial charge in [-0.3, -0.25) is 4.79 Å². The van der Waals surface area contributed by atoms with Gasteiger partial charge >= 0.3 is 0 Å². The van der Waals surface area contributed by atoms with Crippen LogP contribution in [0.25, 0.3) is 0 Å². The Morgan fingerprint density at radius 3 is 3.31 bits per heavy atom. The van der Waals surface area contributed by atoms with E-state index in [1.54, 1.807) is 0 Å². The second-order valence-electron chi connectivity index (χ2n) is 3.45. The van der Waals surface area contributed by atoms with Crippen LogP contribution < -0.4 is 5.32 Å². The summed E-state index contributed by atoms with van der Waals surface area (Å²) in [4.78, 5) is 11.4. The van der Waals surface area contributed by atoms with Gasteiger partial charge < -0.3 is 9.88 Å². The third-order valence-corrected chi connectivity index (χ3v) is 2.53. The molecule has 0 radical (unpaired) electrons. The summed E-state index contributed by atoms with van der Waals surface area (Å²) < 4.78 is 2.09. The quantitative estimate of drug-likeness (QED) is 0.732. The first-order valence-electron chi connectivity index (χ1n) is 4.78. The molecular formula is C10H14N2O. The van der Waals surface area contributed by atoms with E-state index in [9.17, 15) is 4.79 Å². The lowest BCUT2D eigenvalue weighted by Crippen LogP contribution is -2.38. The van der Waals surface area contributed by atoms with Crippen LogP contribution in [0.5, 0.6) is 0 Å². The van der Waals surface area contributed by atoms with Crippen molar-refractivity contribution < 1.29 is 4.79 Å². The van der Waals surface area contributed by atoms with E-state index in [1.807, 2.05) is 18.3 Å². The number of aromatic nitrogens is 1. The van der Waals surface area contributed by atoms with Gasteiger partial charge in [-0.15, -0.1) is 0 Å². The SMILES string of the molecule is CCCC1CNC(=O)c2cccn21. The Morgan fingerprint density at radius 2 is 2.54 bits per heavy atom. The van der Waals surface area contributed by atoms with Crippen molar-refractivity contribution in [3.05, 3.63) is 24.0 Å². The lowest BCUT2D eigenvalue weighted by molar-refractivity contribution is 0.0913. The van der Waals surface area contributed by atoms with Gasteiger partial charge in [0.15, 0.2) is 0 Å². The second-order valence-corrected chi connectivity index (χ2v) is 3.45. The molecule has 1 aromatic heterocycles. The van der Waals surface area contributed by atoms with E-state index < -0.39 is 0 Å². The van der Waals surface area contributed by atoms with Gasteiger partial charge in [0.1, 0.15) is 5.69 Å². The summed E-state index contributed by atoms with van der Waals surface area (Å²) in [5, 5.41) is 2.90. The topological polar surface area (TPSA) is 34.0 Å². The monoisotopic (exact) mass is 178 g/mol. The fourth-order valence-corrected chi connectivity index (χ4v) is 1.88. The zero-order valence-corrected chi connectivity index (χ0v) is 7.79. The molecule has 3 nitrogen and oxygen atoms in total. The molecule has 0 bridgehead atoms. The smallest absolute Gasteiger partial charge is 0.267 e. The molecule has 0 aliphatic carbocycles. The molecule has 0 saturated carbocycles. The average molecular weight is 178 g/mol. The van der Waals surface area contributed by atoms with E-state index in [2.05, 4.69) is 16.8 Å². The molecule has 1 atom stereocenters. The zero-order valence-electron chi connectivity index (χ0n) is 7.79. The Morgan fingerprint density at radius 1 is 1.69 bits per heavy atom. The second kappa shape index (κ2) is 3.24. The molecule has 0 saturated heterocycles. The number of hydrogen-bond donors (Lipinski definition) is 1. The van der Waals surface area contributed by atoms with Gasteiger partial charge in [0.2, 0.25) is 0 Å². The lowest BCUT2D eigenvalue weighted by Gasteiger charge is -2.26. The molecule has 70 valence electrons. The van der Waals surface area contributed by atoms with Crippen molar-refractivity contribution in [2.75, 3.05) is 6.54 Å². The molecule has 1 aliphatic heterocycles. The highest BCUT2D eigenvalue weighted by Gasteiger charge is 2.22. The van der Waals surface area contributed by atoms with Gasteiger partial charge in [0.25, 0.3) is 5.91 Å². The van der Waals surface area contributed by atoms with E-state index in [-0.39, 0.29) is 5.91 Å². The molecule has 2 heterocycles. The minimum absolute atomic E-state index is 0.0531.